The third kappa shape index (κ3) is 5.54. The van der Waals surface area contributed by atoms with E-state index in [0.29, 0.717) is 26.4 Å². The van der Waals surface area contributed by atoms with Crippen LogP contribution in [0.4, 0.5) is 0 Å². The largest absolute Gasteiger partial charge is 0.382 e. The first-order valence-electron chi connectivity index (χ1n) is 5.01. The zero-order valence-corrected chi connectivity index (χ0v) is 9.62. The molecule has 0 radical (unpaired) electrons. The second-order valence-electron chi connectivity index (χ2n) is 2.88. The van der Waals surface area contributed by atoms with E-state index in [1.165, 1.54) is 0 Å². The molecule has 0 rings (SSSR count). The van der Waals surface area contributed by atoms with Gasteiger partial charge in [-0.25, -0.2) is 0 Å². The van der Waals surface area contributed by atoms with E-state index < -0.39 is 0 Å². The standard InChI is InChI=1S/C10H22O4/c1-5-13-8-10(14-6-2)9(12-4)7-11-3/h9-10H,5-8H2,1-4H3. The van der Waals surface area contributed by atoms with Crippen LogP contribution in [0.1, 0.15) is 13.8 Å². The molecule has 0 saturated heterocycles. The van der Waals surface area contributed by atoms with Gasteiger partial charge in [-0.05, 0) is 13.8 Å². The van der Waals surface area contributed by atoms with Crippen LogP contribution in [-0.4, -0.2) is 52.9 Å². The van der Waals surface area contributed by atoms with E-state index in [9.17, 15) is 0 Å². The summed E-state index contributed by atoms with van der Waals surface area (Å²) in [6, 6.07) is 0. The van der Waals surface area contributed by atoms with Gasteiger partial charge in [-0.15, -0.1) is 0 Å². The van der Waals surface area contributed by atoms with Gasteiger partial charge in [0.25, 0.3) is 0 Å². The molecule has 0 bridgehead atoms. The Morgan fingerprint density at radius 3 is 2.07 bits per heavy atom. The molecule has 0 aliphatic carbocycles. The molecule has 0 saturated carbocycles. The summed E-state index contributed by atoms with van der Waals surface area (Å²) >= 11 is 0. The highest BCUT2D eigenvalue weighted by Crippen LogP contribution is 2.05. The van der Waals surface area contributed by atoms with Gasteiger partial charge in [-0.3, -0.25) is 0 Å². The molecule has 4 heteroatoms. The Labute approximate surface area is 86.5 Å². The molecule has 0 aliphatic heterocycles. The first-order valence-corrected chi connectivity index (χ1v) is 5.01. The van der Waals surface area contributed by atoms with E-state index in [4.69, 9.17) is 18.9 Å². The van der Waals surface area contributed by atoms with Gasteiger partial charge in [0.1, 0.15) is 12.2 Å². The Hall–Kier alpha value is -0.160. The van der Waals surface area contributed by atoms with Crippen LogP contribution in [0.3, 0.4) is 0 Å². The van der Waals surface area contributed by atoms with Crippen molar-refractivity contribution in [3.63, 3.8) is 0 Å². The fourth-order valence-electron chi connectivity index (χ4n) is 1.20. The van der Waals surface area contributed by atoms with Crippen LogP contribution in [0, 0.1) is 0 Å². The van der Waals surface area contributed by atoms with E-state index in [-0.39, 0.29) is 12.2 Å². The quantitative estimate of drug-likeness (QED) is 0.566. The molecule has 0 aromatic heterocycles. The summed E-state index contributed by atoms with van der Waals surface area (Å²) in [4.78, 5) is 0. The maximum atomic E-state index is 5.52. The SMILES string of the molecule is CCOCC(OCC)C(COC)OC. The zero-order chi connectivity index (χ0) is 10.8. The average Bonchev–Trinajstić information content (AvgIpc) is 2.21. The summed E-state index contributed by atoms with van der Waals surface area (Å²) in [7, 11) is 3.30. The predicted octanol–water partition coefficient (Wildman–Crippen LogP) is 1.09. The fraction of sp³-hybridized carbons (Fsp3) is 1.00. The molecule has 2 unspecified atom stereocenters. The molecule has 0 heterocycles. The average molecular weight is 206 g/mol. The normalized spacial score (nSPS) is 15.4. The second kappa shape index (κ2) is 9.40. The van der Waals surface area contributed by atoms with Crippen LogP contribution in [0.15, 0.2) is 0 Å². The van der Waals surface area contributed by atoms with Gasteiger partial charge in [-0.2, -0.15) is 0 Å². The molecule has 2 atom stereocenters. The minimum absolute atomic E-state index is 0.0510. The number of methoxy groups -OCH3 is 2. The monoisotopic (exact) mass is 206 g/mol. The van der Waals surface area contributed by atoms with Gasteiger partial charge in [-0.1, -0.05) is 0 Å². The van der Waals surface area contributed by atoms with Crippen LogP contribution in [0.5, 0.6) is 0 Å². The Kier molecular flexibility index (Phi) is 9.29. The predicted molar refractivity (Wildman–Crippen MR) is 54.6 cm³/mol. The summed E-state index contributed by atoms with van der Waals surface area (Å²) in [6.07, 6.45) is -0.114. The van der Waals surface area contributed by atoms with Crippen LogP contribution >= 0.6 is 0 Å². The Morgan fingerprint density at radius 2 is 1.64 bits per heavy atom. The lowest BCUT2D eigenvalue weighted by Gasteiger charge is -2.24. The van der Waals surface area contributed by atoms with Gasteiger partial charge >= 0.3 is 0 Å². The molecule has 4 nitrogen and oxygen atoms in total. The summed E-state index contributed by atoms with van der Waals surface area (Å²) in [6.45, 7) is 6.33. The van der Waals surface area contributed by atoms with Crippen molar-refractivity contribution in [1.82, 2.24) is 0 Å². The number of ether oxygens (including phenoxy) is 4. The Balaban J connectivity index is 3.97. The lowest BCUT2D eigenvalue weighted by atomic mass is 10.2. The Bertz CT molecular complexity index is 119. The molecule has 0 aromatic carbocycles. The van der Waals surface area contributed by atoms with Crippen molar-refractivity contribution in [1.29, 1.82) is 0 Å². The third-order valence-corrected chi connectivity index (χ3v) is 1.92. The lowest BCUT2D eigenvalue weighted by Crippen LogP contribution is -2.38. The van der Waals surface area contributed by atoms with E-state index >= 15 is 0 Å². The van der Waals surface area contributed by atoms with Crippen molar-refractivity contribution >= 4 is 0 Å². The topological polar surface area (TPSA) is 36.9 Å². The van der Waals surface area contributed by atoms with Gasteiger partial charge in [0.05, 0.1) is 13.2 Å². The van der Waals surface area contributed by atoms with Crippen molar-refractivity contribution in [2.45, 2.75) is 26.1 Å². The molecule has 86 valence electrons. The summed E-state index contributed by atoms with van der Waals surface area (Å²) in [5, 5.41) is 0. The first-order chi connectivity index (χ1) is 6.79. The van der Waals surface area contributed by atoms with Gasteiger partial charge in [0, 0.05) is 27.4 Å². The summed E-state index contributed by atoms with van der Waals surface area (Å²) in [5.41, 5.74) is 0. The maximum Gasteiger partial charge on any atom is 0.109 e. The van der Waals surface area contributed by atoms with Crippen LogP contribution < -0.4 is 0 Å². The molecular formula is C10H22O4. The van der Waals surface area contributed by atoms with E-state index in [1.807, 2.05) is 13.8 Å². The van der Waals surface area contributed by atoms with Crippen molar-refractivity contribution in [2.24, 2.45) is 0 Å². The summed E-state index contributed by atoms with van der Waals surface area (Å²) < 4.78 is 21.2. The maximum absolute atomic E-state index is 5.52. The fourth-order valence-corrected chi connectivity index (χ4v) is 1.20. The van der Waals surface area contributed by atoms with Gasteiger partial charge in [0.15, 0.2) is 0 Å². The second-order valence-corrected chi connectivity index (χ2v) is 2.88. The van der Waals surface area contributed by atoms with Crippen molar-refractivity contribution in [2.75, 3.05) is 40.6 Å². The molecule has 0 fully saturated rings. The summed E-state index contributed by atoms with van der Waals surface area (Å²) in [5.74, 6) is 0. The van der Waals surface area contributed by atoms with Gasteiger partial charge in [0.2, 0.25) is 0 Å². The number of hydrogen-bond donors (Lipinski definition) is 0. The first kappa shape index (κ1) is 13.8. The van der Waals surface area contributed by atoms with Crippen molar-refractivity contribution in [3.05, 3.63) is 0 Å². The van der Waals surface area contributed by atoms with E-state index in [0.717, 1.165) is 0 Å². The van der Waals surface area contributed by atoms with Gasteiger partial charge < -0.3 is 18.9 Å². The lowest BCUT2D eigenvalue weighted by molar-refractivity contribution is -0.107. The highest BCUT2D eigenvalue weighted by molar-refractivity contribution is 4.69. The highest BCUT2D eigenvalue weighted by atomic mass is 16.6. The minimum atomic E-state index is -0.0634. The molecule has 14 heavy (non-hydrogen) atoms. The van der Waals surface area contributed by atoms with E-state index in [1.54, 1.807) is 14.2 Å². The van der Waals surface area contributed by atoms with Crippen LogP contribution in [0.25, 0.3) is 0 Å². The number of hydrogen-bond acceptors (Lipinski definition) is 4. The molecule has 0 aromatic rings. The minimum Gasteiger partial charge on any atom is -0.382 e. The van der Waals surface area contributed by atoms with Crippen LogP contribution in [0.2, 0.25) is 0 Å². The van der Waals surface area contributed by atoms with Crippen molar-refractivity contribution < 1.29 is 18.9 Å². The van der Waals surface area contributed by atoms with E-state index in [2.05, 4.69) is 0 Å². The molecule has 0 aliphatic rings. The number of rotatable bonds is 9. The molecule has 0 N–H and O–H groups in total. The van der Waals surface area contributed by atoms with Crippen LogP contribution in [-0.2, 0) is 18.9 Å². The highest BCUT2D eigenvalue weighted by Gasteiger charge is 2.21. The molecule has 0 spiro atoms. The molecule has 0 amide bonds. The smallest absolute Gasteiger partial charge is 0.109 e. The Morgan fingerprint density at radius 1 is 0.929 bits per heavy atom. The third-order valence-electron chi connectivity index (χ3n) is 1.92. The molecular weight excluding hydrogens is 184 g/mol. The zero-order valence-electron chi connectivity index (χ0n) is 9.62. The van der Waals surface area contributed by atoms with Crippen molar-refractivity contribution in [3.8, 4) is 0 Å².